The van der Waals surface area contributed by atoms with Crippen molar-refractivity contribution in [2.45, 2.75) is 39.7 Å². The summed E-state index contributed by atoms with van der Waals surface area (Å²) in [6.07, 6.45) is 3.94. The van der Waals surface area contributed by atoms with Crippen LogP contribution in [0.4, 0.5) is 0 Å². The van der Waals surface area contributed by atoms with Gasteiger partial charge in [-0.1, -0.05) is 31.5 Å². The van der Waals surface area contributed by atoms with E-state index in [9.17, 15) is 5.11 Å². The summed E-state index contributed by atoms with van der Waals surface area (Å²) in [6, 6.07) is 6.04. The number of phenolic OH excluding ortho intramolecular Hbond substituents is 1. The van der Waals surface area contributed by atoms with E-state index >= 15 is 0 Å². The summed E-state index contributed by atoms with van der Waals surface area (Å²) >= 11 is 0. The standard InChI is InChI=1S/C15H23NO/c1-3-13-7-5-9-16(10-13)11-14-8-4-6-12(2)15(14)17/h4,6,8,13,17H,3,5,7,9-11H2,1-2H3. The molecule has 0 aromatic heterocycles. The van der Waals surface area contributed by atoms with E-state index in [1.165, 1.54) is 32.4 Å². The van der Waals surface area contributed by atoms with Crippen molar-refractivity contribution in [1.82, 2.24) is 4.90 Å². The van der Waals surface area contributed by atoms with Crippen LogP contribution in [0.25, 0.3) is 0 Å². The largest absolute Gasteiger partial charge is 0.507 e. The second kappa shape index (κ2) is 5.54. The fourth-order valence-electron chi connectivity index (χ4n) is 2.72. The molecule has 1 N–H and O–H groups in total. The van der Waals surface area contributed by atoms with Gasteiger partial charge in [0.1, 0.15) is 5.75 Å². The highest BCUT2D eigenvalue weighted by atomic mass is 16.3. The van der Waals surface area contributed by atoms with E-state index in [1.807, 2.05) is 25.1 Å². The molecule has 2 nitrogen and oxygen atoms in total. The van der Waals surface area contributed by atoms with Crippen molar-refractivity contribution in [3.63, 3.8) is 0 Å². The summed E-state index contributed by atoms with van der Waals surface area (Å²) in [5.74, 6) is 1.32. The molecule has 0 aliphatic carbocycles. The maximum absolute atomic E-state index is 10.0. The zero-order valence-electron chi connectivity index (χ0n) is 10.9. The summed E-state index contributed by atoms with van der Waals surface area (Å²) in [5, 5.41) is 10.0. The van der Waals surface area contributed by atoms with Gasteiger partial charge in [0, 0.05) is 18.7 Å². The predicted octanol–water partition coefficient (Wildman–Crippen LogP) is 3.32. The Hall–Kier alpha value is -1.02. The Morgan fingerprint density at radius 1 is 1.41 bits per heavy atom. The van der Waals surface area contributed by atoms with Crippen LogP contribution in [0, 0.1) is 12.8 Å². The van der Waals surface area contributed by atoms with Crippen LogP contribution in [-0.2, 0) is 6.54 Å². The van der Waals surface area contributed by atoms with E-state index < -0.39 is 0 Å². The minimum Gasteiger partial charge on any atom is -0.507 e. The zero-order chi connectivity index (χ0) is 12.3. The van der Waals surface area contributed by atoms with Crippen molar-refractivity contribution in [2.75, 3.05) is 13.1 Å². The molecule has 0 radical (unpaired) electrons. The van der Waals surface area contributed by atoms with Crippen LogP contribution < -0.4 is 0 Å². The van der Waals surface area contributed by atoms with Gasteiger partial charge < -0.3 is 5.11 Å². The van der Waals surface area contributed by atoms with Gasteiger partial charge >= 0.3 is 0 Å². The lowest BCUT2D eigenvalue weighted by Crippen LogP contribution is -2.34. The van der Waals surface area contributed by atoms with Crippen molar-refractivity contribution < 1.29 is 5.11 Å². The molecule has 1 aliphatic heterocycles. The highest BCUT2D eigenvalue weighted by molar-refractivity contribution is 5.39. The van der Waals surface area contributed by atoms with Crippen LogP contribution in [0.5, 0.6) is 5.75 Å². The number of phenols is 1. The van der Waals surface area contributed by atoms with E-state index in [0.717, 1.165) is 23.6 Å². The van der Waals surface area contributed by atoms with Crippen molar-refractivity contribution in [3.8, 4) is 5.75 Å². The summed E-state index contributed by atoms with van der Waals surface area (Å²) in [7, 11) is 0. The number of aromatic hydroxyl groups is 1. The number of piperidine rings is 1. The lowest BCUT2D eigenvalue weighted by atomic mass is 9.95. The molecular formula is C15H23NO. The first-order chi connectivity index (χ1) is 8.20. The third kappa shape index (κ3) is 3.01. The molecule has 0 saturated carbocycles. The smallest absolute Gasteiger partial charge is 0.122 e. The molecule has 1 fully saturated rings. The highest BCUT2D eigenvalue weighted by Crippen LogP contribution is 2.26. The lowest BCUT2D eigenvalue weighted by Gasteiger charge is -2.32. The summed E-state index contributed by atoms with van der Waals surface area (Å²) < 4.78 is 0. The number of hydrogen-bond acceptors (Lipinski definition) is 2. The second-order valence-corrected chi connectivity index (χ2v) is 5.23. The van der Waals surface area contributed by atoms with E-state index in [2.05, 4.69) is 11.8 Å². The number of aryl methyl sites for hydroxylation is 1. The lowest BCUT2D eigenvalue weighted by molar-refractivity contribution is 0.163. The van der Waals surface area contributed by atoms with E-state index in [1.54, 1.807) is 0 Å². The molecule has 0 bridgehead atoms. The fraction of sp³-hybridized carbons (Fsp3) is 0.600. The molecule has 2 rings (SSSR count). The van der Waals surface area contributed by atoms with Gasteiger partial charge in [0.25, 0.3) is 0 Å². The monoisotopic (exact) mass is 233 g/mol. The Labute approximate surface area is 104 Å². The normalized spacial score (nSPS) is 21.6. The average molecular weight is 233 g/mol. The van der Waals surface area contributed by atoms with E-state index in [4.69, 9.17) is 0 Å². The molecule has 1 unspecified atom stereocenters. The molecule has 94 valence electrons. The van der Waals surface area contributed by atoms with Gasteiger partial charge in [0.05, 0.1) is 0 Å². The van der Waals surface area contributed by atoms with Crippen LogP contribution in [0.15, 0.2) is 18.2 Å². The van der Waals surface area contributed by atoms with Crippen molar-refractivity contribution in [1.29, 1.82) is 0 Å². The molecule has 1 atom stereocenters. The molecule has 1 heterocycles. The van der Waals surface area contributed by atoms with Gasteiger partial charge in [-0.05, 0) is 37.8 Å². The first-order valence-electron chi connectivity index (χ1n) is 6.70. The molecule has 17 heavy (non-hydrogen) atoms. The Morgan fingerprint density at radius 2 is 2.24 bits per heavy atom. The van der Waals surface area contributed by atoms with Crippen LogP contribution >= 0.6 is 0 Å². The van der Waals surface area contributed by atoms with Gasteiger partial charge in [-0.25, -0.2) is 0 Å². The molecular weight excluding hydrogens is 210 g/mol. The van der Waals surface area contributed by atoms with Crippen molar-refractivity contribution in [2.24, 2.45) is 5.92 Å². The minimum absolute atomic E-state index is 0.478. The van der Waals surface area contributed by atoms with Gasteiger partial charge in [-0.15, -0.1) is 0 Å². The van der Waals surface area contributed by atoms with Gasteiger partial charge in [-0.3, -0.25) is 4.90 Å². The van der Waals surface area contributed by atoms with Crippen LogP contribution in [0.2, 0.25) is 0 Å². The maximum atomic E-state index is 10.0. The van der Waals surface area contributed by atoms with Gasteiger partial charge in [0.2, 0.25) is 0 Å². The van der Waals surface area contributed by atoms with E-state index in [-0.39, 0.29) is 0 Å². The number of rotatable bonds is 3. The second-order valence-electron chi connectivity index (χ2n) is 5.23. The molecule has 1 aromatic rings. The van der Waals surface area contributed by atoms with Gasteiger partial charge in [-0.2, -0.15) is 0 Å². The van der Waals surface area contributed by atoms with Crippen LogP contribution in [0.1, 0.15) is 37.3 Å². The molecule has 0 amide bonds. The SMILES string of the molecule is CCC1CCCN(Cc2cccc(C)c2O)C1. The Kier molecular flexibility index (Phi) is 4.06. The first-order valence-corrected chi connectivity index (χ1v) is 6.70. The molecule has 0 spiro atoms. The minimum atomic E-state index is 0.478. The molecule has 1 saturated heterocycles. The summed E-state index contributed by atoms with van der Waals surface area (Å²) in [6.45, 7) is 7.49. The number of nitrogens with zero attached hydrogens (tertiary/aromatic N) is 1. The highest BCUT2D eigenvalue weighted by Gasteiger charge is 2.19. The third-order valence-electron chi connectivity index (χ3n) is 3.90. The topological polar surface area (TPSA) is 23.5 Å². The fourth-order valence-corrected chi connectivity index (χ4v) is 2.72. The maximum Gasteiger partial charge on any atom is 0.122 e. The van der Waals surface area contributed by atoms with Crippen molar-refractivity contribution >= 4 is 0 Å². The quantitative estimate of drug-likeness (QED) is 0.865. The average Bonchev–Trinajstić information content (AvgIpc) is 2.35. The Balaban J connectivity index is 2.02. The molecule has 1 aliphatic rings. The number of hydrogen-bond donors (Lipinski definition) is 1. The van der Waals surface area contributed by atoms with E-state index in [0.29, 0.717) is 5.75 Å². The Bertz CT molecular complexity index is 375. The summed E-state index contributed by atoms with van der Waals surface area (Å²) in [4.78, 5) is 2.48. The third-order valence-corrected chi connectivity index (χ3v) is 3.90. The van der Waals surface area contributed by atoms with Crippen LogP contribution in [-0.4, -0.2) is 23.1 Å². The number of likely N-dealkylation sites (tertiary alicyclic amines) is 1. The zero-order valence-corrected chi connectivity index (χ0v) is 10.9. The first kappa shape index (κ1) is 12.4. The van der Waals surface area contributed by atoms with Crippen LogP contribution in [0.3, 0.4) is 0 Å². The van der Waals surface area contributed by atoms with Gasteiger partial charge in [0.15, 0.2) is 0 Å². The van der Waals surface area contributed by atoms with Crippen molar-refractivity contribution in [3.05, 3.63) is 29.3 Å². The molecule has 2 heteroatoms. The number of benzene rings is 1. The predicted molar refractivity (Wildman–Crippen MR) is 71.1 cm³/mol. The summed E-state index contributed by atoms with van der Waals surface area (Å²) in [5.41, 5.74) is 2.05. The Morgan fingerprint density at radius 3 is 3.00 bits per heavy atom. The molecule has 1 aromatic carbocycles. The number of para-hydroxylation sites is 1.